The highest BCUT2D eigenvalue weighted by Gasteiger charge is 2.26. The Morgan fingerprint density at radius 1 is 1.07 bits per heavy atom. The van der Waals surface area contributed by atoms with E-state index in [1.54, 1.807) is 13.8 Å². The lowest BCUT2D eigenvalue weighted by molar-refractivity contribution is -0.243. The zero-order valence-electron chi connectivity index (χ0n) is 15.1. The number of hydrogen-bond acceptors (Lipinski definition) is 4. The van der Waals surface area contributed by atoms with Crippen LogP contribution in [-0.2, 0) is 13.9 Å². The van der Waals surface area contributed by atoms with E-state index in [1.165, 1.54) is 0 Å². The highest BCUT2D eigenvalue weighted by Crippen LogP contribution is 2.20. The smallest absolute Gasteiger partial charge is 0.284 e. The fourth-order valence-corrected chi connectivity index (χ4v) is 3.20. The second-order valence-corrected chi connectivity index (χ2v) is 6.82. The monoisotopic (exact) mass is 415 g/mol. The summed E-state index contributed by atoms with van der Waals surface area (Å²) in [7, 11) is -0.990. The largest absolute Gasteiger partial charge is 0.379 e. The summed E-state index contributed by atoms with van der Waals surface area (Å²) in [5, 5.41) is -0.360. The maximum atomic E-state index is 13.8. The van der Waals surface area contributed by atoms with Crippen LogP contribution in [0, 0.1) is 23.3 Å². The van der Waals surface area contributed by atoms with Gasteiger partial charge in [0.1, 0.15) is 0 Å². The molecular formula is C16H22F5NO4Si. The van der Waals surface area contributed by atoms with Crippen molar-refractivity contribution in [3.63, 3.8) is 0 Å². The van der Waals surface area contributed by atoms with Crippen molar-refractivity contribution in [2.24, 2.45) is 0 Å². The van der Waals surface area contributed by atoms with E-state index in [0.29, 0.717) is 25.7 Å². The molecule has 0 aliphatic rings. The van der Waals surface area contributed by atoms with Crippen molar-refractivity contribution < 1.29 is 40.7 Å². The van der Waals surface area contributed by atoms with Crippen molar-refractivity contribution in [1.29, 1.82) is 0 Å². The van der Waals surface area contributed by atoms with E-state index in [2.05, 4.69) is 0 Å². The molecule has 0 aliphatic carbocycles. The second kappa shape index (κ2) is 12.0. The van der Waals surface area contributed by atoms with E-state index in [9.17, 15) is 26.8 Å². The lowest BCUT2D eigenvalue weighted by Crippen LogP contribution is -2.26. The number of unbranched alkanes of at least 4 members (excludes halogenated alkanes) is 1. The molecule has 0 unspecified atom stereocenters. The van der Waals surface area contributed by atoms with Gasteiger partial charge in [-0.15, -0.1) is 0 Å². The molecule has 1 rings (SSSR count). The molecule has 0 saturated carbocycles. The normalized spacial score (nSPS) is 11.7. The Morgan fingerprint density at radius 2 is 1.70 bits per heavy atom. The molecule has 11 heteroatoms. The van der Waals surface area contributed by atoms with Crippen molar-refractivity contribution in [3.05, 3.63) is 34.9 Å². The number of amides is 1. The van der Waals surface area contributed by atoms with Crippen LogP contribution in [-0.4, -0.2) is 47.0 Å². The Bertz CT molecular complexity index is 617. The van der Waals surface area contributed by atoms with Crippen molar-refractivity contribution in [2.75, 3.05) is 19.8 Å². The number of hydrogen-bond donors (Lipinski definition) is 0. The Labute approximate surface area is 156 Å². The molecule has 0 atom stereocenters. The molecule has 154 valence electrons. The third kappa shape index (κ3) is 7.16. The molecule has 1 amide bonds. The summed E-state index contributed by atoms with van der Waals surface area (Å²) >= 11 is 0. The third-order valence-electron chi connectivity index (χ3n) is 3.41. The van der Waals surface area contributed by atoms with Gasteiger partial charge in [0.25, 0.3) is 12.4 Å². The molecule has 27 heavy (non-hydrogen) atoms. The van der Waals surface area contributed by atoms with E-state index in [4.69, 9.17) is 13.9 Å². The van der Waals surface area contributed by atoms with Crippen molar-refractivity contribution in [1.82, 2.24) is 5.12 Å². The van der Waals surface area contributed by atoms with Gasteiger partial charge in [-0.1, -0.05) is 10.9 Å². The quantitative estimate of drug-likeness (QED) is 0.100. The molecule has 0 fully saturated rings. The molecule has 0 aromatic heterocycles. The SMILES string of the molecule is CCOC(OCC)O[SiH2]CCCCN(F)C(=O)c1cc(F)c(F)c(F)c1F. The first-order valence-corrected chi connectivity index (χ1v) is 10.1. The highest BCUT2D eigenvalue weighted by molar-refractivity contribution is 6.27. The summed E-state index contributed by atoms with van der Waals surface area (Å²) < 4.78 is 82.3. The van der Waals surface area contributed by atoms with Crippen LogP contribution in [0.2, 0.25) is 6.04 Å². The van der Waals surface area contributed by atoms with Crippen molar-refractivity contribution in [3.8, 4) is 0 Å². The minimum atomic E-state index is -2.16. The van der Waals surface area contributed by atoms with Gasteiger partial charge in [-0.2, -0.15) is 5.12 Å². The molecule has 0 bridgehead atoms. The van der Waals surface area contributed by atoms with Gasteiger partial charge in [-0.25, -0.2) is 17.6 Å². The Morgan fingerprint density at radius 3 is 2.30 bits per heavy atom. The van der Waals surface area contributed by atoms with Gasteiger partial charge < -0.3 is 13.9 Å². The van der Waals surface area contributed by atoms with E-state index in [0.717, 1.165) is 0 Å². The predicted molar refractivity (Wildman–Crippen MR) is 89.1 cm³/mol. The van der Waals surface area contributed by atoms with Crippen LogP contribution in [0.1, 0.15) is 37.0 Å². The number of nitrogens with zero attached hydrogens (tertiary/aromatic N) is 1. The number of rotatable bonds is 12. The van der Waals surface area contributed by atoms with Gasteiger partial charge in [-0.05, 0) is 32.4 Å². The summed E-state index contributed by atoms with van der Waals surface area (Å²) in [6, 6.07) is 0.776. The average molecular weight is 415 g/mol. The molecule has 5 nitrogen and oxygen atoms in total. The van der Waals surface area contributed by atoms with Gasteiger partial charge in [0.2, 0.25) is 0 Å². The fraction of sp³-hybridized carbons (Fsp3) is 0.562. The molecule has 0 spiro atoms. The van der Waals surface area contributed by atoms with Gasteiger partial charge in [0.15, 0.2) is 33.0 Å². The van der Waals surface area contributed by atoms with Crippen molar-refractivity contribution in [2.45, 2.75) is 39.2 Å². The Kier molecular flexibility index (Phi) is 10.4. The Balaban J connectivity index is 2.41. The van der Waals surface area contributed by atoms with Crippen LogP contribution >= 0.6 is 0 Å². The molecule has 0 saturated heterocycles. The molecule has 0 N–H and O–H groups in total. The van der Waals surface area contributed by atoms with Crippen LogP contribution in [0.5, 0.6) is 0 Å². The van der Waals surface area contributed by atoms with Crippen LogP contribution in [0.4, 0.5) is 22.0 Å². The first-order valence-electron chi connectivity index (χ1n) is 8.48. The van der Waals surface area contributed by atoms with Crippen LogP contribution in [0.3, 0.4) is 0 Å². The lowest BCUT2D eigenvalue weighted by Gasteiger charge is -2.17. The minimum absolute atomic E-state index is 0.130. The maximum absolute atomic E-state index is 13.8. The zero-order chi connectivity index (χ0) is 20.4. The number of carbonyl (C=O) groups excluding carboxylic acids is 1. The maximum Gasteiger partial charge on any atom is 0.284 e. The summed E-state index contributed by atoms with van der Waals surface area (Å²) in [4.78, 5) is 11.7. The summed E-state index contributed by atoms with van der Waals surface area (Å²) in [5.41, 5.74) is -1.21. The lowest BCUT2D eigenvalue weighted by atomic mass is 10.1. The topological polar surface area (TPSA) is 48.0 Å². The predicted octanol–water partition coefficient (Wildman–Crippen LogP) is 3.23. The standard InChI is InChI=1S/C16H22F5NO4Si/c1-3-24-16(25-4-2)26-27-8-6-5-7-22(21)15(23)10-9-11(17)13(19)14(20)12(10)18/h9,16H,3-8,27H2,1-2H3. The molecular weight excluding hydrogens is 393 g/mol. The molecule has 0 radical (unpaired) electrons. The third-order valence-corrected chi connectivity index (χ3v) is 4.71. The van der Waals surface area contributed by atoms with Crippen molar-refractivity contribution >= 4 is 15.7 Å². The van der Waals surface area contributed by atoms with Crippen LogP contribution < -0.4 is 0 Å². The Hall–Kier alpha value is -1.56. The van der Waals surface area contributed by atoms with Gasteiger partial charge in [-0.3, -0.25) is 4.79 Å². The van der Waals surface area contributed by atoms with Gasteiger partial charge >= 0.3 is 0 Å². The molecule has 1 aromatic rings. The summed E-state index contributed by atoms with van der Waals surface area (Å²) in [6.45, 7) is 3.32. The van der Waals surface area contributed by atoms with E-state index < -0.39 is 57.5 Å². The van der Waals surface area contributed by atoms with Gasteiger partial charge in [0, 0.05) is 13.2 Å². The number of benzene rings is 1. The van der Waals surface area contributed by atoms with E-state index in [-0.39, 0.29) is 17.6 Å². The van der Waals surface area contributed by atoms with Crippen LogP contribution in [0.25, 0.3) is 0 Å². The zero-order valence-corrected chi connectivity index (χ0v) is 16.5. The highest BCUT2D eigenvalue weighted by atomic mass is 28.2. The molecule has 1 aromatic carbocycles. The van der Waals surface area contributed by atoms with E-state index >= 15 is 0 Å². The van der Waals surface area contributed by atoms with E-state index in [1.807, 2.05) is 0 Å². The fourth-order valence-electron chi connectivity index (χ4n) is 2.09. The molecule has 0 aliphatic heterocycles. The number of carbonyl (C=O) groups is 1. The van der Waals surface area contributed by atoms with Crippen LogP contribution in [0.15, 0.2) is 6.07 Å². The molecule has 0 heterocycles. The minimum Gasteiger partial charge on any atom is -0.379 e. The van der Waals surface area contributed by atoms with Gasteiger partial charge in [0.05, 0.1) is 12.1 Å². The number of halogens is 5. The summed E-state index contributed by atoms with van der Waals surface area (Å²) in [6.07, 6.45) is 0.736. The first kappa shape index (κ1) is 23.5. The number of ether oxygens (including phenoxy) is 2. The summed E-state index contributed by atoms with van der Waals surface area (Å²) in [5.74, 6) is -9.50. The second-order valence-electron chi connectivity index (χ2n) is 5.37. The average Bonchev–Trinajstić information content (AvgIpc) is 2.65. The first-order chi connectivity index (χ1) is 12.8.